The summed E-state index contributed by atoms with van der Waals surface area (Å²) in [6.45, 7) is 71.4. The van der Waals surface area contributed by atoms with Gasteiger partial charge >= 0.3 is 0 Å². The van der Waals surface area contributed by atoms with Gasteiger partial charge in [0.05, 0.1) is 37.5 Å². The molecule has 5 aliphatic heterocycles. The summed E-state index contributed by atoms with van der Waals surface area (Å²) >= 11 is 3.63. The third kappa shape index (κ3) is 15.3. The molecule has 0 bridgehead atoms. The summed E-state index contributed by atoms with van der Waals surface area (Å²) in [6.07, 6.45) is 0. The zero-order chi connectivity index (χ0) is 70.3. The summed E-state index contributed by atoms with van der Waals surface area (Å²) in [5.41, 5.74) is 13.0. The van der Waals surface area contributed by atoms with E-state index in [-0.39, 0.29) is 27.1 Å². The molecule has 0 saturated heterocycles. The zero-order valence-electron chi connectivity index (χ0n) is 63.2. The Kier molecular flexibility index (Phi) is 24.2. The number of aryl methyl sites for hydroxylation is 2. The van der Waals surface area contributed by atoms with Crippen LogP contribution in [0.2, 0.25) is 49.9 Å². The molecule has 5 aliphatic rings. The van der Waals surface area contributed by atoms with Crippen LogP contribution in [0.25, 0.3) is 0 Å². The van der Waals surface area contributed by atoms with Gasteiger partial charge < -0.3 is 47.2 Å². The lowest BCUT2D eigenvalue weighted by Gasteiger charge is -2.43. The van der Waals surface area contributed by atoms with Crippen molar-refractivity contribution in [3.8, 4) is 57.5 Å². The van der Waals surface area contributed by atoms with Gasteiger partial charge in [0.1, 0.15) is 57.5 Å². The topological polar surface area (TPSA) is 114 Å². The Bertz CT molecular complexity index is 3200. The van der Waals surface area contributed by atoms with Crippen molar-refractivity contribution in [1.29, 1.82) is 0 Å². The summed E-state index contributed by atoms with van der Waals surface area (Å²) in [5, 5.41) is 19.3. The molecular formula is C79H123BrO10Si3. The molecule has 0 amide bonds. The molecule has 5 heterocycles. The standard InChI is InChI=1S/C20H34O2Si.C19H31BrO2Si.C19H32O2Si.C11H14O2.C10H12O2/c1-13(2)23(14(3)4,15(5)6)22-17-11-10-16(7)19-18(17)20(8,9)12-21-19;1-12(2)23(13(3)4,14(5)6)22-16-10-9-15(20)18-17(16)19(7,8)11-21-18;1-13(2)22(14(3)4,15(5)6)21-17-11-9-10-16-18(17)19(7,8)12-20-16;1-7-4-5-8(12)9-10(7)13-6-11(9,2)3;1-10(2)6-12-8-5-3-4-7(11)9(8)10/h10-11,13-15H,12H2,1-9H3;9-10,12-14H,11H2,1-8H3;9-11,13-15H,12H2,1-8H3;4-5,12H,6H2,1-3H3;3-5,11H,6H2,1-2H3. The van der Waals surface area contributed by atoms with E-state index in [1.54, 1.807) is 18.2 Å². The van der Waals surface area contributed by atoms with Crippen LogP contribution in [-0.4, -0.2) is 68.2 Å². The number of fused-ring (bicyclic) bond motifs is 5. The van der Waals surface area contributed by atoms with Crippen LogP contribution < -0.4 is 37.0 Å². The number of aromatic hydroxyl groups is 2. The largest absolute Gasteiger partial charge is 0.542 e. The molecule has 2 N–H and O–H groups in total. The van der Waals surface area contributed by atoms with Gasteiger partial charge in [0.15, 0.2) is 0 Å². The fraction of sp³-hybridized carbons (Fsp3) is 0.620. The first-order valence-electron chi connectivity index (χ1n) is 34.8. The molecule has 14 heteroatoms. The Morgan fingerprint density at radius 1 is 0.333 bits per heavy atom. The molecule has 10 nitrogen and oxygen atoms in total. The molecule has 0 spiro atoms. The van der Waals surface area contributed by atoms with Gasteiger partial charge in [0.2, 0.25) is 0 Å². The maximum Gasteiger partial charge on any atom is 0.258 e. The van der Waals surface area contributed by atoms with Crippen molar-refractivity contribution in [2.24, 2.45) is 0 Å². The van der Waals surface area contributed by atoms with Crippen molar-refractivity contribution in [1.82, 2.24) is 0 Å². The van der Waals surface area contributed by atoms with Crippen LogP contribution >= 0.6 is 15.9 Å². The Labute approximate surface area is 575 Å². The number of hydrogen-bond acceptors (Lipinski definition) is 10. The quantitative estimate of drug-likeness (QED) is 0.0982. The first kappa shape index (κ1) is 77.2. The summed E-state index contributed by atoms with van der Waals surface area (Å²) in [7, 11) is -5.84. The van der Waals surface area contributed by atoms with Crippen LogP contribution in [0.4, 0.5) is 0 Å². The third-order valence-electron chi connectivity index (χ3n) is 21.0. The molecule has 0 unspecified atom stereocenters. The zero-order valence-corrected chi connectivity index (χ0v) is 67.8. The fourth-order valence-electron chi connectivity index (χ4n) is 16.5. The maximum absolute atomic E-state index is 9.71. The summed E-state index contributed by atoms with van der Waals surface area (Å²) in [4.78, 5) is 0. The molecule has 0 aliphatic carbocycles. The average molecular weight is 1400 g/mol. The van der Waals surface area contributed by atoms with Crippen LogP contribution in [0, 0.1) is 13.8 Å². The maximum atomic E-state index is 9.71. The molecule has 0 atom stereocenters. The van der Waals surface area contributed by atoms with E-state index < -0.39 is 25.0 Å². The van der Waals surface area contributed by atoms with E-state index in [9.17, 15) is 10.2 Å². The lowest BCUT2D eigenvalue weighted by molar-refractivity contribution is 0.289. The first-order chi connectivity index (χ1) is 42.8. The molecule has 0 aromatic heterocycles. The molecule has 518 valence electrons. The minimum Gasteiger partial charge on any atom is -0.542 e. The van der Waals surface area contributed by atoms with Gasteiger partial charge in [-0.15, -0.1) is 0 Å². The number of rotatable bonds is 15. The van der Waals surface area contributed by atoms with E-state index in [0.717, 1.165) is 80.4 Å². The highest BCUT2D eigenvalue weighted by Crippen LogP contribution is 2.55. The van der Waals surface area contributed by atoms with E-state index in [1.807, 2.05) is 19.1 Å². The van der Waals surface area contributed by atoms with Gasteiger partial charge in [-0.3, -0.25) is 0 Å². The van der Waals surface area contributed by atoms with E-state index in [4.69, 9.17) is 37.0 Å². The van der Waals surface area contributed by atoms with Crippen LogP contribution in [0.15, 0.2) is 77.3 Å². The normalized spacial score (nSPS) is 17.3. The Balaban J connectivity index is 0.000000188. The first-order valence-corrected chi connectivity index (χ1v) is 42.0. The lowest BCUT2D eigenvalue weighted by Crippen LogP contribution is -2.51. The van der Waals surface area contributed by atoms with Gasteiger partial charge in [0.25, 0.3) is 25.0 Å². The van der Waals surface area contributed by atoms with Crippen LogP contribution in [0.1, 0.15) is 233 Å². The second-order valence-corrected chi connectivity index (χ2v) is 50.3. The van der Waals surface area contributed by atoms with Gasteiger partial charge in [0, 0.05) is 54.9 Å². The SMILES string of the molecule is CC(C)[Si](Oc1ccc(Br)c2c1C(C)(C)CO2)(C(C)C)C(C)C.CC(C)[Si](Oc1cccc2c1C(C)(C)CO2)(C(C)C)C(C)C.CC1(C)COc2cccc(O)c21.Cc1ccc(O)c2c1OCC2(C)C.Cc1ccc(O[Si](C(C)C)(C(C)C)C(C)C)c2c1OCC2(C)C. The summed E-state index contributed by atoms with van der Waals surface area (Å²) in [6, 6.07) is 23.8. The third-order valence-corrected chi connectivity index (χ3v) is 39.6. The van der Waals surface area contributed by atoms with Crippen molar-refractivity contribution in [2.75, 3.05) is 33.0 Å². The van der Waals surface area contributed by atoms with Crippen molar-refractivity contribution in [3.05, 3.63) is 116 Å². The highest BCUT2D eigenvalue weighted by Gasteiger charge is 2.52. The van der Waals surface area contributed by atoms with Crippen molar-refractivity contribution in [2.45, 2.75) is 285 Å². The predicted molar refractivity (Wildman–Crippen MR) is 400 cm³/mol. The van der Waals surface area contributed by atoms with Gasteiger partial charge in [-0.2, -0.15) is 0 Å². The number of ether oxygens (including phenoxy) is 5. The Morgan fingerprint density at radius 3 is 1.00 bits per heavy atom. The Morgan fingerprint density at radius 2 is 0.613 bits per heavy atom. The minimum absolute atomic E-state index is 0.0144. The van der Waals surface area contributed by atoms with E-state index in [0.29, 0.717) is 81.2 Å². The van der Waals surface area contributed by atoms with E-state index in [2.05, 4.69) is 259 Å². The monoisotopic (exact) mass is 1390 g/mol. The molecule has 0 fully saturated rings. The number of phenols is 2. The van der Waals surface area contributed by atoms with Gasteiger partial charge in [-0.25, -0.2) is 0 Å². The van der Waals surface area contributed by atoms with Crippen LogP contribution in [0.3, 0.4) is 0 Å². The summed E-state index contributed by atoms with van der Waals surface area (Å²) in [5.74, 6) is 8.55. The van der Waals surface area contributed by atoms with Crippen LogP contribution in [0.5, 0.6) is 57.5 Å². The fourth-order valence-corrected chi connectivity index (χ4v) is 32.7. The molecule has 0 radical (unpaired) electrons. The van der Waals surface area contributed by atoms with Crippen molar-refractivity contribution < 1.29 is 47.2 Å². The van der Waals surface area contributed by atoms with Gasteiger partial charge in [-0.05, 0) is 139 Å². The average Bonchev–Trinajstić information content (AvgIpc) is 1.75. The number of phenolic OH excluding ortho intramolecular Hbond substituents is 2. The number of benzene rings is 5. The molecule has 5 aromatic rings. The number of hydrogen-bond donors (Lipinski definition) is 2. The number of halogens is 1. The van der Waals surface area contributed by atoms with E-state index >= 15 is 0 Å². The lowest BCUT2D eigenvalue weighted by atomic mass is 9.85. The molecule has 93 heavy (non-hydrogen) atoms. The molecule has 0 saturated carbocycles. The molecular weight excluding hydrogens is 1270 g/mol. The highest BCUT2D eigenvalue weighted by molar-refractivity contribution is 9.10. The second kappa shape index (κ2) is 29.1. The molecule has 10 rings (SSSR count). The van der Waals surface area contributed by atoms with Crippen molar-refractivity contribution >= 4 is 40.9 Å². The van der Waals surface area contributed by atoms with Gasteiger partial charge in [-0.1, -0.05) is 218 Å². The van der Waals surface area contributed by atoms with E-state index in [1.165, 1.54) is 22.3 Å². The second-order valence-electron chi connectivity index (χ2n) is 33.3. The van der Waals surface area contributed by atoms with Crippen molar-refractivity contribution in [3.63, 3.8) is 0 Å². The predicted octanol–water partition coefficient (Wildman–Crippen LogP) is 23.2. The highest BCUT2D eigenvalue weighted by atomic mass is 79.9. The molecule has 5 aromatic carbocycles. The van der Waals surface area contributed by atoms with Crippen LogP contribution in [-0.2, 0) is 27.1 Å². The Hall–Kier alpha value is -4.77. The minimum atomic E-state index is -1.96. The summed E-state index contributed by atoms with van der Waals surface area (Å²) < 4.78 is 50.8. The smallest absolute Gasteiger partial charge is 0.258 e.